The number of ketones is 1. The number of aromatic carboxylic acids is 1. The van der Waals surface area contributed by atoms with Crippen molar-refractivity contribution in [3.8, 4) is 0 Å². The molecule has 1 aromatic heterocycles. The number of aliphatic hydroxyl groups excluding tert-OH is 1. The molecular formula is C26H8Cl8N2O5. The van der Waals surface area contributed by atoms with Crippen LogP contribution < -0.4 is 5.32 Å². The Morgan fingerprint density at radius 3 is 1.88 bits per heavy atom. The van der Waals surface area contributed by atoms with Crippen LogP contribution >= 0.6 is 92.8 Å². The molecule has 15 heteroatoms. The Balaban J connectivity index is 1.64. The fraction of sp³-hybridized carbons (Fsp3) is 0. The number of carbonyl (C=O) groups excluding carboxylic acids is 2. The summed E-state index contributed by atoms with van der Waals surface area (Å²) in [5.74, 6) is -3.79. The number of aliphatic hydroxyl groups is 1. The van der Waals surface area contributed by atoms with Crippen molar-refractivity contribution in [1.29, 1.82) is 0 Å². The minimum absolute atomic E-state index is 0.000818. The lowest BCUT2D eigenvalue weighted by Gasteiger charge is -2.15. The van der Waals surface area contributed by atoms with Crippen molar-refractivity contribution in [2.75, 3.05) is 5.32 Å². The highest BCUT2D eigenvalue weighted by Gasteiger charge is 2.38. The third-order valence-corrected chi connectivity index (χ3v) is 9.73. The Labute approximate surface area is 270 Å². The van der Waals surface area contributed by atoms with Gasteiger partial charge in [-0.15, -0.1) is 0 Å². The standard InChI is InChI=1S/C26H8Cl8N2O5/c27-14-10-11(15(28)19(32)18(14)31)24(38)9(23(10)37)7-5-4-6-2-1-3-8(22(6)35-7)36-25(39)12-13(26(40)41)17(30)21(34)20(33)16(12)29/h1-5,37H,(H,36,39)(H,40,41). The Kier molecular flexibility index (Phi) is 8.04. The summed E-state index contributed by atoms with van der Waals surface area (Å²) in [6.07, 6.45) is 0. The van der Waals surface area contributed by atoms with Gasteiger partial charge in [-0.05, 0) is 12.1 Å². The number of fused-ring (bicyclic) bond motifs is 2. The first kappa shape index (κ1) is 30.0. The highest BCUT2D eigenvalue weighted by atomic mass is 35.5. The Bertz CT molecular complexity index is 1940. The van der Waals surface area contributed by atoms with Gasteiger partial charge < -0.3 is 15.5 Å². The van der Waals surface area contributed by atoms with E-state index in [0.29, 0.717) is 5.39 Å². The number of allylic oxidation sites excluding steroid dienone is 1. The number of aromatic nitrogens is 1. The number of para-hydroxylation sites is 1. The van der Waals surface area contributed by atoms with Crippen LogP contribution in [0.5, 0.6) is 0 Å². The maximum absolute atomic E-state index is 13.4. The van der Waals surface area contributed by atoms with Gasteiger partial charge in [0.25, 0.3) is 5.91 Å². The van der Waals surface area contributed by atoms with Gasteiger partial charge in [0.1, 0.15) is 5.76 Å². The van der Waals surface area contributed by atoms with Crippen molar-refractivity contribution in [3.05, 3.63) is 98.5 Å². The van der Waals surface area contributed by atoms with E-state index in [1.165, 1.54) is 12.1 Å². The number of carboxylic acids is 1. The molecular weight excluding hydrogens is 704 g/mol. The molecule has 1 heterocycles. The monoisotopic (exact) mass is 708 g/mol. The van der Waals surface area contributed by atoms with E-state index in [4.69, 9.17) is 92.8 Å². The number of rotatable bonds is 4. The second-order valence-electron chi connectivity index (χ2n) is 8.40. The van der Waals surface area contributed by atoms with Gasteiger partial charge >= 0.3 is 5.97 Å². The van der Waals surface area contributed by atoms with Gasteiger partial charge in [-0.1, -0.05) is 111 Å². The number of benzene rings is 3. The molecule has 0 spiro atoms. The molecule has 7 nitrogen and oxygen atoms in total. The molecule has 208 valence electrons. The Morgan fingerprint density at radius 2 is 1.27 bits per heavy atom. The van der Waals surface area contributed by atoms with Gasteiger partial charge in [0.05, 0.1) is 84.9 Å². The molecule has 4 aromatic rings. The van der Waals surface area contributed by atoms with Gasteiger partial charge in [0.2, 0.25) is 5.78 Å². The first-order valence-electron chi connectivity index (χ1n) is 10.9. The summed E-state index contributed by atoms with van der Waals surface area (Å²) in [7, 11) is 0. The zero-order valence-electron chi connectivity index (χ0n) is 19.5. The molecule has 3 N–H and O–H groups in total. The van der Waals surface area contributed by atoms with Crippen LogP contribution in [-0.4, -0.2) is 32.9 Å². The van der Waals surface area contributed by atoms with E-state index in [0.717, 1.165) is 0 Å². The molecule has 0 fully saturated rings. The molecule has 1 aliphatic rings. The number of carbonyl (C=O) groups is 3. The van der Waals surface area contributed by atoms with E-state index in [1.807, 2.05) is 0 Å². The molecule has 0 saturated carbocycles. The number of pyridine rings is 1. The van der Waals surface area contributed by atoms with E-state index in [2.05, 4.69) is 10.3 Å². The molecule has 1 amide bonds. The predicted molar refractivity (Wildman–Crippen MR) is 163 cm³/mol. The smallest absolute Gasteiger partial charge is 0.338 e. The first-order valence-corrected chi connectivity index (χ1v) is 13.9. The van der Waals surface area contributed by atoms with Crippen molar-refractivity contribution < 1.29 is 24.6 Å². The summed E-state index contributed by atoms with van der Waals surface area (Å²) in [6, 6.07) is 7.78. The number of Topliss-reactive ketones (excluding diaryl/α,β-unsaturated/α-hetero) is 1. The number of nitrogens with one attached hydrogen (secondary N) is 1. The van der Waals surface area contributed by atoms with E-state index in [-0.39, 0.29) is 63.7 Å². The molecule has 3 aromatic carbocycles. The minimum atomic E-state index is -1.57. The van der Waals surface area contributed by atoms with Crippen LogP contribution in [0, 0.1) is 0 Å². The van der Waals surface area contributed by atoms with Crippen molar-refractivity contribution >= 4 is 138 Å². The van der Waals surface area contributed by atoms with Crippen LogP contribution in [-0.2, 0) is 0 Å². The van der Waals surface area contributed by atoms with Crippen molar-refractivity contribution in [2.45, 2.75) is 0 Å². The topological polar surface area (TPSA) is 117 Å². The Morgan fingerprint density at radius 1 is 0.707 bits per heavy atom. The Hall–Kier alpha value is -2.46. The number of carboxylic acid groups (broad SMARTS) is 1. The zero-order valence-corrected chi connectivity index (χ0v) is 25.5. The molecule has 0 radical (unpaired) electrons. The summed E-state index contributed by atoms with van der Waals surface area (Å²) in [5, 5.41) is 21.6. The van der Waals surface area contributed by atoms with Gasteiger partial charge in [-0.3, -0.25) is 9.59 Å². The summed E-state index contributed by atoms with van der Waals surface area (Å²) in [5.41, 5.74) is -1.42. The maximum atomic E-state index is 13.4. The lowest BCUT2D eigenvalue weighted by atomic mass is 10.0. The number of nitrogens with zero attached hydrogens (tertiary/aromatic N) is 1. The quantitative estimate of drug-likeness (QED) is 0.143. The molecule has 5 rings (SSSR count). The number of amides is 1. The van der Waals surface area contributed by atoms with Crippen LogP contribution in [0.15, 0.2) is 30.3 Å². The van der Waals surface area contributed by atoms with Gasteiger partial charge in [-0.2, -0.15) is 0 Å². The number of hydrogen-bond acceptors (Lipinski definition) is 5. The molecule has 0 atom stereocenters. The fourth-order valence-electron chi connectivity index (χ4n) is 4.28. The van der Waals surface area contributed by atoms with E-state index in [1.54, 1.807) is 18.2 Å². The first-order chi connectivity index (χ1) is 19.3. The molecule has 41 heavy (non-hydrogen) atoms. The predicted octanol–water partition coefficient (Wildman–Crippen LogP) is 10.0. The zero-order chi connectivity index (χ0) is 30.1. The SMILES string of the molecule is O=C(O)c1c(Cl)c(Cl)c(Cl)c(Cl)c1C(=O)Nc1cccc2ccc(C3=C(O)c4c(Cl)c(Cl)c(Cl)c(Cl)c4C3=O)nc12. The third-order valence-electron chi connectivity index (χ3n) is 6.13. The van der Waals surface area contributed by atoms with E-state index in [9.17, 15) is 24.6 Å². The second-order valence-corrected chi connectivity index (χ2v) is 11.4. The molecule has 0 aliphatic heterocycles. The van der Waals surface area contributed by atoms with E-state index < -0.39 is 44.6 Å². The number of hydrogen-bond donors (Lipinski definition) is 3. The maximum Gasteiger partial charge on any atom is 0.338 e. The summed E-state index contributed by atoms with van der Waals surface area (Å²) >= 11 is 49.1. The number of halogens is 8. The van der Waals surface area contributed by atoms with Crippen molar-refractivity contribution in [1.82, 2.24) is 4.98 Å². The van der Waals surface area contributed by atoms with Crippen LogP contribution in [0.4, 0.5) is 5.69 Å². The average molecular weight is 712 g/mol. The summed E-state index contributed by atoms with van der Waals surface area (Å²) in [4.78, 5) is 43.2. The van der Waals surface area contributed by atoms with Crippen LogP contribution in [0.1, 0.15) is 42.3 Å². The molecule has 0 saturated heterocycles. The number of anilines is 1. The average Bonchev–Trinajstić information content (AvgIpc) is 3.20. The van der Waals surface area contributed by atoms with E-state index >= 15 is 0 Å². The highest BCUT2D eigenvalue weighted by molar-refractivity contribution is 6.57. The lowest BCUT2D eigenvalue weighted by molar-refractivity contribution is 0.0692. The fourth-order valence-corrected chi connectivity index (χ4v) is 6.33. The molecule has 0 unspecified atom stereocenters. The lowest BCUT2D eigenvalue weighted by Crippen LogP contribution is -2.18. The normalized spacial score (nSPS) is 12.7. The highest BCUT2D eigenvalue weighted by Crippen LogP contribution is 2.50. The minimum Gasteiger partial charge on any atom is -0.506 e. The largest absolute Gasteiger partial charge is 0.506 e. The molecule has 1 aliphatic carbocycles. The van der Waals surface area contributed by atoms with Crippen LogP contribution in [0.2, 0.25) is 40.2 Å². The van der Waals surface area contributed by atoms with Gasteiger partial charge in [-0.25, -0.2) is 9.78 Å². The van der Waals surface area contributed by atoms with Crippen molar-refractivity contribution in [3.63, 3.8) is 0 Å². The molecule has 0 bridgehead atoms. The second kappa shape index (κ2) is 11.0. The summed E-state index contributed by atoms with van der Waals surface area (Å²) in [6.45, 7) is 0. The third kappa shape index (κ3) is 4.69. The van der Waals surface area contributed by atoms with Crippen molar-refractivity contribution in [2.24, 2.45) is 0 Å². The van der Waals surface area contributed by atoms with Crippen LogP contribution in [0.3, 0.4) is 0 Å². The van der Waals surface area contributed by atoms with Gasteiger partial charge in [0, 0.05) is 5.39 Å². The summed E-state index contributed by atoms with van der Waals surface area (Å²) < 4.78 is 0. The van der Waals surface area contributed by atoms with Gasteiger partial charge in [0.15, 0.2) is 0 Å². The van der Waals surface area contributed by atoms with Crippen LogP contribution in [0.25, 0.3) is 22.2 Å².